The molecule has 1 saturated heterocycles. The van der Waals surface area contributed by atoms with Gasteiger partial charge >= 0.3 is 5.97 Å². The minimum absolute atomic E-state index is 0.0100. The van der Waals surface area contributed by atoms with E-state index in [1.54, 1.807) is 0 Å². The summed E-state index contributed by atoms with van der Waals surface area (Å²) in [5.41, 5.74) is -0.800. The van der Waals surface area contributed by atoms with Gasteiger partial charge in [-0.25, -0.2) is 0 Å². The molecule has 1 aliphatic rings. The first-order valence-corrected chi connectivity index (χ1v) is 7.45. The molecule has 0 saturated carbocycles. The van der Waals surface area contributed by atoms with Crippen LogP contribution in [0.15, 0.2) is 0 Å². The molecule has 0 aromatic rings. The molecule has 20 heavy (non-hydrogen) atoms. The third-order valence-electron chi connectivity index (χ3n) is 3.88. The molecule has 0 unspecified atom stereocenters. The third-order valence-corrected chi connectivity index (χ3v) is 3.88. The fourth-order valence-corrected chi connectivity index (χ4v) is 2.85. The molecule has 0 aromatic carbocycles. The Kier molecular flexibility index (Phi) is 5.57. The molecule has 0 aromatic heterocycles. The van der Waals surface area contributed by atoms with Gasteiger partial charge in [-0.15, -0.1) is 0 Å². The van der Waals surface area contributed by atoms with E-state index in [0.717, 1.165) is 12.8 Å². The number of hydrogen-bond donors (Lipinski definition) is 2. The van der Waals surface area contributed by atoms with E-state index in [9.17, 15) is 14.7 Å². The van der Waals surface area contributed by atoms with E-state index >= 15 is 0 Å². The van der Waals surface area contributed by atoms with Crippen molar-refractivity contribution in [1.82, 2.24) is 10.2 Å². The summed E-state index contributed by atoms with van der Waals surface area (Å²) >= 11 is 0. The second kappa shape index (κ2) is 6.57. The maximum absolute atomic E-state index is 11.9. The molecule has 0 radical (unpaired) electrons. The van der Waals surface area contributed by atoms with Gasteiger partial charge in [-0.05, 0) is 53.1 Å². The summed E-state index contributed by atoms with van der Waals surface area (Å²) in [7, 11) is 0. The van der Waals surface area contributed by atoms with Crippen LogP contribution in [-0.2, 0) is 9.59 Å². The summed E-state index contributed by atoms with van der Waals surface area (Å²) in [5.74, 6) is -0.672. The molecule has 5 nitrogen and oxygen atoms in total. The maximum atomic E-state index is 11.9. The van der Waals surface area contributed by atoms with Crippen molar-refractivity contribution >= 4 is 11.9 Å². The molecule has 1 heterocycles. The molecule has 1 amide bonds. The van der Waals surface area contributed by atoms with Crippen molar-refractivity contribution < 1.29 is 14.7 Å². The molecular weight excluding hydrogens is 256 g/mol. The summed E-state index contributed by atoms with van der Waals surface area (Å²) in [6.07, 6.45) is 2.89. The Morgan fingerprint density at radius 1 is 1.25 bits per heavy atom. The second-order valence-corrected chi connectivity index (χ2v) is 6.91. The van der Waals surface area contributed by atoms with Crippen LogP contribution in [0.5, 0.6) is 0 Å². The average molecular weight is 284 g/mol. The molecule has 2 N–H and O–H groups in total. The highest BCUT2D eigenvalue weighted by atomic mass is 16.4. The minimum Gasteiger partial charge on any atom is -0.481 e. The predicted molar refractivity (Wildman–Crippen MR) is 78.5 cm³/mol. The number of piperidine rings is 1. The number of carboxylic acid groups (broad SMARTS) is 1. The Morgan fingerprint density at radius 2 is 1.80 bits per heavy atom. The Balaban J connectivity index is 2.49. The molecule has 1 fully saturated rings. The van der Waals surface area contributed by atoms with Gasteiger partial charge in [-0.2, -0.15) is 0 Å². The van der Waals surface area contributed by atoms with E-state index in [2.05, 4.69) is 10.2 Å². The van der Waals surface area contributed by atoms with Gasteiger partial charge in [-0.1, -0.05) is 13.3 Å². The zero-order chi connectivity index (χ0) is 15.4. The van der Waals surface area contributed by atoms with Crippen molar-refractivity contribution in [2.75, 3.05) is 19.6 Å². The largest absolute Gasteiger partial charge is 0.481 e. The minimum atomic E-state index is -0.682. The van der Waals surface area contributed by atoms with Crippen LogP contribution in [0.3, 0.4) is 0 Å². The second-order valence-electron chi connectivity index (χ2n) is 6.91. The third kappa shape index (κ3) is 4.78. The van der Waals surface area contributed by atoms with Crippen molar-refractivity contribution in [1.29, 1.82) is 0 Å². The fraction of sp³-hybridized carbons (Fsp3) is 0.867. The van der Waals surface area contributed by atoms with Crippen LogP contribution >= 0.6 is 0 Å². The van der Waals surface area contributed by atoms with Crippen molar-refractivity contribution in [3.05, 3.63) is 0 Å². The standard InChI is InChI=1S/C15H28N2O3/c1-5-6-15(13(19)20)7-9-17(10-8-15)11-12(18)16-14(2,3)4/h5-11H2,1-4H3,(H,16,18)(H,19,20). The summed E-state index contributed by atoms with van der Waals surface area (Å²) in [6.45, 7) is 9.62. The maximum Gasteiger partial charge on any atom is 0.309 e. The fourth-order valence-electron chi connectivity index (χ4n) is 2.85. The highest BCUT2D eigenvalue weighted by Gasteiger charge is 2.40. The average Bonchev–Trinajstić information content (AvgIpc) is 2.29. The lowest BCUT2D eigenvalue weighted by Crippen LogP contribution is -2.50. The highest BCUT2D eigenvalue weighted by Crippen LogP contribution is 2.36. The summed E-state index contributed by atoms with van der Waals surface area (Å²) < 4.78 is 0. The van der Waals surface area contributed by atoms with Crippen LogP contribution in [0.4, 0.5) is 0 Å². The topological polar surface area (TPSA) is 69.6 Å². The molecule has 5 heteroatoms. The zero-order valence-electron chi connectivity index (χ0n) is 13.2. The van der Waals surface area contributed by atoms with Crippen molar-refractivity contribution in [2.24, 2.45) is 5.41 Å². The van der Waals surface area contributed by atoms with Gasteiger partial charge < -0.3 is 10.4 Å². The Hall–Kier alpha value is -1.10. The lowest BCUT2D eigenvalue weighted by atomic mass is 9.75. The summed E-state index contributed by atoms with van der Waals surface area (Å²) in [4.78, 5) is 25.4. The molecule has 1 rings (SSSR count). The van der Waals surface area contributed by atoms with E-state index in [-0.39, 0.29) is 11.4 Å². The van der Waals surface area contributed by atoms with Gasteiger partial charge in [0.1, 0.15) is 0 Å². The van der Waals surface area contributed by atoms with Crippen LogP contribution in [0, 0.1) is 5.41 Å². The lowest BCUT2D eigenvalue weighted by Gasteiger charge is -2.38. The van der Waals surface area contributed by atoms with E-state index in [0.29, 0.717) is 32.5 Å². The number of carbonyl (C=O) groups is 2. The van der Waals surface area contributed by atoms with Crippen LogP contribution in [-0.4, -0.2) is 47.1 Å². The molecule has 0 spiro atoms. The number of aliphatic carboxylic acids is 1. The first-order chi connectivity index (χ1) is 9.18. The summed E-state index contributed by atoms with van der Waals surface area (Å²) in [6, 6.07) is 0. The Bertz CT molecular complexity index is 353. The number of hydrogen-bond acceptors (Lipinski definition) is 3. The van der Waals surface area contributed by atoms with Crippen LogP contribution in [0.1, 0.15) is 53.4 Å². The van der Waals surface area contributed by atoms with Crippen molar-refractivity contribution in [3.8, 4) is 0 Å². The molecule has 1 aliphatic heterocycles. The molecule has 0 bridgehead atoms. The van der Waals surface area contributed by atoms with Gasteiger partial charge in [0.05, 0.1) is 12.0 Å². The van der Waals surface area contributed by atoms with Crippen LogP contribution in [0.2, 0.25) is 0 Å². The Morgan fingerprint density at radius 3 is 2.20 bits per heavy atom. The van der Waals surface area contributed by atoms with Crippen molar-refractivity contribution in [3.63, 3.8) is 0 Å². The number of amides is 1. The quantitative estimate of drug-likeness (QED) is 0.808. The first kappa shape index (κ1) is 17.0. The highest BCUT2D eigenvalue weighted by molar-refractivity contribution is 5.79. The number of nitrogens with zero attached hydrogens (tertiary/aromatic N) is 1. The molecular formula is C15H28N2O3. The van der Waals surface area contributed by atoms with Gasteiger partial charge in [0.15, 0.2) is 0 Å². The number of carboxylic acids is 1. The zero-order valence-corrected chi connectivity index (χ0v) is 13.2. The van der Waals surface area contributed by atoms with Crippen molar-refractivity contribution in [2.45, 2.75) is 58.9 Å². The lowest BCUT2D eigenvalue weighted by molar-refractivity contribution is -0.152. The van der Waals surface area contributed by atoms with E-state index in [4.69, 9.17) is 0 Å². The SMILES string of the molecule is CCCC1(C(=O)O)CCN(CC(=O)NC(C)(C)C)CC1. The number of rotatable bonds is 5. The number of likely N-dealkylation sites (tertiary alicyclic amines) is 1. The molecule has 0 aliphatic carbocycles. The number of carbonyl (C=O) groups excluding carboxylic acids is 1. The summed E-state index contributed by atoms with van der Waals surface area (Å²) in [5, 5.41) is 12.4. The van der Waals surface area contributed by atoms with Crippen LogP contribution < -0.4 is 5.32 Å². The van der Waals surface area contributed by atoms with E-state index < -0.39 is 11.4 Å². The monoisotopic (exact) mass is 284 g/mol. The smallest absolute Gasteiger partial charge is 0.309 e. The molecule has 0 atom stereocenters. The van der Waals surface area contributed by atoms with E-state index in [1.807, 2.05) is 27.7 Å². The van der Waals surface area contributed by atoms with Crippen LogP contribution in [0.25, 0.3) is 0 Å². The predicted octanol–water partition coefficient (Wildman–Crippen LogP) is 1.87. The normalized spacial score (nSPS) is 19.6. The number of nitrogens with one attached hydrogen (secondary N) is 1. The van der Waals surface area contributed by atoms with Gasteiger partial charge in [0, 0.05) is 5.54 Å². The van der Waals surface area contributed by atoms with E-state index in [1.165, 1.54) is 0 Å². The van der Waals surface area contributed by atoms with Gasteiger partial charge in [-0.3, -0.25) is 14.5 Å². The van der Waals surface area contributed by atoms with Gasteiger partial charge in [0.2, 0.25) is 5.91 Å². The Labute approximate surface area is 121 Å². The van der Waals surface area contributed by atoms with Gasteiger partial charge in [0.25, 0.3) is 0 Å². The molecule has 116 valence electrons. The first-order valence-electron chi connectivity index (χ1n) is 7.45.